The van der Waals surface area contributed by atoms with Gasteiger partial charge in [0.05, 0.1) is 0 Å². The van der Waals surface area contributed by atoms with Crippen LogP contribution in [-0.4, -0.2) is 30.6 Å². The third-order valence-corrected chi connectivity index (χ3v) is 6.16. The lowest BCUT2D eigenvalue weighted by Gasteiger charge is -2.45. The van der Waals surface area contributed by atoms with Crippen molar-refractivity contribution in [3.8, 4) is 0 Å². The fourth-order valence-electron chi connectivity index (χ4n) is 4.58. The van der Waals surface area contributed by atoms with E-state index in [2.05, 4.69) is 65.4 Å². The highest BCUT2D eigenvalue weighted by molar-refractivity contribution is 5.44. The minimum Gasteiger partial charge on any atom is -0.386 e. The molecule has 138 valence electrons. The van der Waals surface area contributed by atoms with Crippen LogP contribution >= 0.6 is 0 Å². The number of hydrogen-bond donors (Lipinski definition) is 1. The molecular formula is C24H32N2. The molecule has 0 aromatic heterocycles. The first-order valence-corrected chi connectivity index (χ1v) is 10.4. The van der Waals surface area contributed by atoms with E-state index in [4.69, 9.17) is 0 Å². The first kappa shape index (κ1) is 17.6. The van der Waals surface area contributed by atoms with Crippen molar-refractivity contribution in [2.24, 2.45) is 0 Å². The van der Waals surface area contributed by atoms with Crippen LogP contribution in [0.15, 0.2) is 66.4 Å². The molecule has 4 rings (SSSR count). The Hall–Kier alpha value is -1.80. The molecule has 1 atom stereocenters. The van der Waals surface area contributed by atoms with Crippen LogP contribution in [0.3, 0.4) is 0 Å². The van der Waals surface area contributed by atoms with Crippen LogP contribution in [0, 0.1) is 0 Å². The van der Waals surface area contributed by atoms with Crippen molar-refractivity contribution in [3.05, 3.63) is 72.0 Å². The minimum absolute atomic E-state index is 0.154. The van der Waals surface area contributed by atoms with E-state index >= 15 is 0 Å². The van der Waals surface area contributed by atoms with E-state index in [0.717, 1.165) is 19.5 Å². The zero-order valence-electron chi connectivity index (χ0n) is 15.9. The molecule has 3 aliphatic rings. The Morgan fingerprint density at radius 1 is 1.19 bits per heavy atom. The van der Waals surface area contributed by atoms with Gasteiger partial charge in [0.1, 0.15) is 0 Å². The van der Waals surface area contributed by atoms with Crippen LogP contribution in [-0.2, 0) is 5.41 Å². The van der Waals surface area contributed by atoms with Crippen molar-refractivity contribution in [2.45, 2.75) is 56.4 Å². The predicted molar refractivity (Wildman–Crippen MR) is 110 cm³/mol. The summed E-state index contributed by atoms with van der Waals surface area (Å²) >= 11 is 0. The molecule has 1 saturated heterocycles. The standard InChI is InChI=1S/C24H32N2/c1-20(25-23-13-14-23)15-18-26-17-8-16-24(19-26,21-9-4-2-5-10-21)22-11-6-3-7-12-22/h2,4-6,9-12,23,25H,1,3,7-8,13-19H2. The Bertz CT molecular complexity index is 683. The number of nitrogens with zero attached hydrogens (tertiary/aromatic N) is 1. The second-order valence-corrected chi connectivity index (χ2v) is 8.24. The third kappa shape index (κ3) is 3.96. The maximum atomic E-state index is 4.24. The van der Waals surface area contributed by atoms with E-state index in [1.54, 1.807) is 0 Å². The van der Waals surface area contributed by atoms with Gasteiger partial charge in [-0.05, 0) is 62.6 Å². The molecule has 0 spiro atoms. The molecule has 2 fully saturated rings. The number of nitrogens with one attached hydrogen (secondary N) is 1. The van der Waals surface area contributed by atoms with Crippen LogP contribution in [0.4, 0.5) is 0 Å². The summed E-state index contributed by atoms with van der Waals surface area (Å²) in [6.07, 6.45) is 15.8. The molecule has 1 aliphatic heterocycles. The normalized spacial score (nSPS) is 26.4. The maximum Gasteiger partial charge on any atom is 0.0327 e. The van der Waals surface area contributed by atoms with E-state index in [0.29, 0.717) is 6.04 Å². The highest BCUT2D eigenvalue weighted by Gasteiger charge is 2.39. The van der Waals surface area contributed by atoms with Crippen LogP contribution < -0.4 is 5.32 Å². The van der Waals surface area contributed by atoms with E-state index in [1.807, 2.05) is 0 Å². The molecule has 1 N–H and O–H groups in total. The van der Waals surface area contributed by atoms with Gasteiger partial charge in [0.2, 0.25) is 0 Å². The Morgan fingerprint density at radius 2 is 2.04 bits per heavy atom. The largest absolute Gasteiger partial charge is 0.386 e. The van der Waals surface area contributed by atoms with Crippen LogP contribution in [0.1, 0.15) is 50.5 Å². The van der Waals surface area contributed by atoms with Crippen LogP contribution in [0.25, 0.3) is 0 Å². The summed E-state index contributed by atoms with van der Waals surface area (Å²) < 4.78 is 0. The van der Waals surface area contributed by atoms with E-state index in [-0.39, 0.29) is 5.41 Å². The quantitative estimate of drug-likeness (QED) is 0.750. The average molecular weight is 349 g/mol. The number of rotatable bonds is 7. The fourth-order valence-corrected chi connectivity index (χ4v) is 4.58. The topological polar surface area (TPSA) is 15.3 Å². The molecule has 26 heavy (non-hydrogen) atoms. The van der Waals surface area contributed by atoms with Crippen LogP contribution in [0.2, 0.25) is 0 Å². The van der Waals surface area contributed by atoms with Gasteiger partial charge < -0.3 is 10.2 Å². The molecule has 1 aromatic rings. The highest BCUT2D eigenvalue weighted by Crippen LogP contribution is 2.42. The van der Waals surface area contributed by atoms with Crippen molar-refractivity contribution in [1.29, 1.82) is 0 Å². The second kappa shape index (κ2) is 7.84. The van der Waals surface area contributed by atoms with Gasteiger partial charge in [-0.15, -0.1) is 0 Å². The molecule has 1 unspecified atom stereocenters. The molecule has 1 heterocycles. The van der Waals surface area contributed by atoms with Crippen molar-refractivity contribution in [3.63, 3.8) is 0 Å². The van der Waals surface area contributed by atoms with Gasteiger partial charge in [-0.3, -0.25) is 0 Å². The average Bonchev–Trinajstić information content (AvgIpc) is 3.52. The van der Waals surface area contributed by atoms with Gasteiger partial charge in [0, 0.05) is 30.2 Å². The Morgan fingerprint density at radius 3 is 2.77 bits per heavy atom. The van der Waals surface area contributed by atoms with Gasteiger partial charge in [0.15, 0.2) is 0 Å². The summed E-state index contributed by atoms with van der Waals surface area (Å²) in [5.41, 5.74) is 4.40. The molecular weight excluding hydrogens is 316 g/mol. The van der Waals surface area contributed by atoms with Crippen LogP contribution in [0.5, 0.6) is 0 Å². The fraction of sp³-hybridized carbons (Fsp3) is 0.500. The predicted octanol–water partition coefficient (Wildman–Crippen LogP) is 4.95. The molecule has 2 heteroatoms. The molecule has 2 aliphatic carbocycles. The summed E-state index contributed by atoms with van der Waals surface area (Å²) in [6, 6.07) is 11.9. The molecule has 2 nitrogen and oxygen atoms in total. The number of piperidine rings is 1. The molecule has 0 bridgehead atoms. The van der Waals surface area contributed by atoms with Crippen molar-refractivity contribution < 1.29 is 0 Å². The minimum atomic E-state index is 0.154. The van der Waals surface area contributed by atoms with E-state index < -0.39 is 0 Å². The lowest BCUT2D eigenvalue weighted by molar-refractivity contribution is 0.169. The maximum absolute atomic E-state index is 4.24. The SMILES string of the molecule is C=C(CCN1CCCC(C2=CCCC=C2)(c2ccccc2)C1)NC1CC1. The smallest absolute Gasteiger partial charge is 0.0327 e. The molecule has 1 saturated carbocycles. The number of benzene rings is 1. The lowest BCUT2D eigenvalue weighted by atomic mass is 9.67. The zero-order chi connectivity index (χ0) is 17.8. The van der Waals surface area contributed by atoms with Crippen molar-refractivity contribution in [1.82, 2.24) is 10.2 Å². The first-order chi connectivity index (χ1) is 12.8. The highest BCUT2D eigenvalue weighted by atomic mass is 15.1. The lowest BCUT2D eigenvalue weighted by Crippen LogP contribution is -2.47. The third-order valence-electron chi connectivity index (χ3n) is 6.16. The Kier molecular flexibility index (Phi) is 5.31. The summed E-state index contributed by atoms with van der Waals surface area (Å²) in [7, 11) is 0. The Labute approximate surface area is 158 Å². The number of allylic oxidation sites excluding steroid dienone is 3. The second-order valence-electron chi connectivity index (χ2n) is 8.24. The Balaban J connectivity index is 1.50. The summed E-state index contributed by atoms with van der Waals surface area (Å²) in [4.78, 5) is 2.67. The molecule has 0 amide bonds. The van der Waals surface area contributed by atoms with Crippen molar-refractivity contribution in [2.75, 3.05) is 19.6 Å². The zero-order valence-corrected chi connectivity index (χ0v) is 15.9. The summed E-state index contributed by atoms with van der Waals surface area (Å²) in [5.74, 6) is 0. The van der Waals surface area contributed by atoms with Gasteiger partial charge in [0.25, 0.3) is 0 Å². The van der Waals surface area contributed by atoms with Gasteiger partial charge in [-0.2, -0.15) is 0 Å². The van der Waals surface area contributed by atoms with E-state index in [9.17, 15) is 0 Å². The van der Waals surface area contributed by atoms with Gasteiger partial charge in [-0.1, -0.05) is 55.1 Å². The monoisotopic (exact) mass is 348 g/mol. The summed E-state index contributed by atoms with van der Waals surface area (Å²) in [6.45, 7) is 7.70. The van der Waals surface area contributed by atoms with E-state index in [1.165, 1.54) is 61.9 Å². The number of likely N-dealkylation sites (tertiary alicyclic amines) is 1. The van der Waals surface area contributed by atoms with Crippen molar-refractivity contribution >= 4 is 0 Å². The number of hydrogen-bond acceptors (Lipinski definition) is 2. The summed E-state index contributed by atoms with van der Waals surface area (Å²) in [5, 5.41) is 3.57. The van der Waals surface area contributed by atoms with Gasteiger partial charge >= 0.3 is 0 Å². The molecule has 0 radical (unpaired) electrons. The van der Waals surface area contributed by atoms with Gasteiger partial charge in [-0.25, -0.2) is 0 Å². The first-order valence-electron chi connectivity index (χ1n) is 10.4. The molecule has 1 aromatic carbocycles.